The Hall–Kier alpha value is -1.88. The summed E-state index contributed by atoms with van der Waals surface area (Å²) in [6.07, 6.45) is 1.75. The van der Waals surface area contributed by atoms with Crippen molar-refractivity contribution < 1.29 is 9.59 Å². The van der Waals surface area contributed by atoms with E-state index in [1.54, 1.807) is 7.05 Å². The fourth-order valence-corrected chi connectivity index (χ4v) is 2.10. The van der Waals surface area contributed by atoms with Crippen LogP contribution in [-0.4, -0.2) is 24.9 Å². The van der Waals surface area contributed by atoms with Gasteiger partial charge in [0.15, 0.2) is 0 Å². The van der Waals surface area contributed by atoms with Crippen molar-refractivity contribution in [3.63, 3.8) is 0 Å². The molecule has 96 valence electrons. The fraction of sp³-hybridized carbons (Fsp3) is 0.385. The molecule has 5 nitrogen and oxygen atoms in total. The van der Waals surface area contributed by atoms with E-state index in [4.69, 9.17) is 5.73 Å². The molecule has 0 saturated carbocycles. The molecule has 0 bridgehead atoms. The van der Waals surface area contributed by atoms with Crippen LogP contribution >= 0.6 is 0 Å². The molecule has 18 heavy (non-hydrogen) atoms. The largest absolute Gasteiger partial charge is 0.358 e. The molecule has 1 aliphatic rings. The number of hydrogen-bond donors (Lipinski definition) is 3. The molecule has 0 aromatic heterocycles. The minimum Gasteiger partial charge on any atom is -0.358 e. The van der Waals surface area contributed by atoms with Crippen molar-refractivity contribution >= 4 is 17.5 Å². The van der Waals surface area contributed by atoms with E-state index >= 15 is 0 Å². The molecule has 1 aliphatic heterocycles. The summed E-state index contributed by atoms with van der Waals surface area (Å²) in [5.41, 5.74) is 8.76. The second-order valence-electron chi connectivity index (χ2n) is 4.46. The van der Waals surface area contributed by atoms with Crippen molar-refractivity contribution in [3.8, 4) is 0 Å². The molecule has 0 fully saturated rings. The summed E-state index contributed by atoms with van der Waals surface area (Å²) in [5.74, 6) is -0.113. The maximum Gasteiger partial charge on any atom is 0.237 e. The van der Waals surface area contributed by atoms with Gasteiger partial charge in [0, 0.05) is 19.2 Å². The third-order valence-electron chi connectivity index (χ3n) is 3.10. The van der Waals surface area contributed by atoms with Crippen LogP contribution in [0.15, 0.2) is 18.2 Å². The van der Waals surface area contributed by atoms with Gasteiger partial charge in [-0.2, -0.15) is 0 Å². The third kappa shape index (κ3) is 2.68. The lowest BCUT2D eigenvalue weighted by Gasteiger charge is -2.18. The van der Waals surface area contributed by atoms with Gasteiger partial charge >= 0.3 is 0 Å². The standard InChI is InChI=1S/C13H17N3O2/c1-15-13(18)10(14)7-8-2-4-11-9(6-8)3-5-12(17)16-11/h2,4,6,10H,3,5,7,14H2,1H3,(H,15,18)(H,16,17). The molecule has 1 aromatic carbocycles. The Balaban J connectivity index is 2.12. The highest BCUT2D eigenvalue weighted by Crippen LogP contribution is 2.23. The molecular weight excluding hydrogens is 230 g/mol. The Morgan fingerprint density at radius 2 is 2.28 bits per heavy atom. The highest BCUT2D eigenvalue weighted by molar-refractivity contribution is 5.93. The molecule has 0 spiro atoms. The summed E-state index contributed by atoms with van der Waals surface area (Å²) in [6, 6.07) is 5.24. The van der Waals surface area contributed by atoms with Crippen LogP contribution in [0, 0.1) is 0 Å². The molecule has 1 heterocycles. The first-order valence-corrected chi connectivity index (χ1v) is 5.99. The van der Waals surface area contributed by atoms with Gasteiger partial charge in [-0.25, -0.2) is 0 Å². The lowest BCUT2D eigenvalue weighted by Crippen LogP contribution is -2.40. The number of hydrogen-bond acceptors (Lipinski definition) is 3. The summed E-state index contributed by atoms with van der Waals surface area (Å²) in [7, 11) is 1.57. The molecule has 4 N–H and O–H groups in total. The molecule has 1 aromatic rings. The van der Waals surface area contributed by atoms with Gasteiger partial charge in [0.25, 0.3) is 0 Å². The minimum absolute atomic E-state index is 0.0531. The number of amides is 2. The van der Waals surface area contributed by atoms with E-state index in [2.05, 4.69) is 10.6 Å². The Kier molecular flexibility index (Phi) is 3.62. The van der Waals surface area contributed by atoms with E-state index in [1.165, 1.54) is 0 Å². The first-order valence-electron chi connectivity index (χ1n) is 5.99. The number of anilines is 1. The third-order valence-corrected chi connectivity index (χ3v) is 3.10. The molecule has 5 heteroatoms. The lowest BCUT2D eigenvalue weighted by atomic mass is 9.97. The van der Waals surface area contributed by atoms with Crippen LogP contribution < -0.4 is 16.4 Å². The normalized spacial score (nSPS) is 15.6. The maximum absolute atomic E-state index is 11.4. The maximum atomic E-state index is 11.4. The van der Waals surface area contributed by atoms with Crippen LogP contribution in [0.3, 0.4) is 0 Å². The number of rotatable bonds is 3. The molecule has 1 atom stereocenters. The van der Waals surface area contributed by atoms with Crippen LogP contribution in [-0.2, 0) is 22.4 Å². The summed E-state index contributed by atoms with van der Waals surface area (Å²) in [6.45, 7) is 0. The van der Waals surface area contributed by atoms with Crippen LogP contribution in [0.25, 0.3) is 0 Å². The Morgan fingerprint density at radius 3 is 3.00 bits per heavy atom. The predicted molar refractivity (Wildman–Crippen MR) is 69.1 cm³/mol. The minimum atomic E-state index is -0.536. The topological polar surface area (TPSA) is 84.2 Å². The van der Waals surface area contributed by atoms with Gasteiger partial charge in [0.05, 0.1) is 6.04 Å². The fourth-order valence-electron chi connectivity index (χ4n) is 2.10. The van der Waals surface area contributed by atoms with Gasteiger partial charge in [-0.05, 0) is 30.0 Å². The molecule has 1 unspecified atom stereocenters. The smallest absolute Gasteiger partial charge is 0.237 e. The zero-order chi connectivity index (χ0) is 13.1. The predicted octanol–water partition coefficient (Wildman–Crippen LogP) is 0.187. The van der Waals surface area contributed by atoms with Crippen molar-refractivity contribution in [3.05, 3.63) is 29.3 Å². The van der Waals surface area contributed by atoms with Crippen LogP contribution in [0.5, 0.6) is 0 Å². The van der Waals surface area contributed by atoms with E-state index in [-0.39, 0.29) is 11.8 Å². The first kappa shape index (κ1) is 12.6. The van der Waals surface area contributed by atoms with Gasteiger partial charge in [-0.3, -0.25) is 9.59 Å². The summed E-state index contributed by atoms with van der Waals surface area (Å²) >= 11 is 0. The zero-order valence-electron chi connectivity index (χ0n) is 10.3. The van der Waals surface area contributed by atoms with Gasteiger partial charge in [0.2, 0.25) is 11.8 Å². The molecular formula is C13H17N3O2. The summed E-state index contributed by atoms with van der Waals surface area (Å²) < 4.78 is 0. The number of carbonyl (C=O) groups excluding carboxylic acids is 2. The number of fused-ring (bicyclic) bond motifs is 1. The lowest BCUT2D eigenvalue weighted by molar-refractivity contribution is -0.121. The molecule has 0 saturated heterocycles. The van der Waals surface area contributed by atoms with Crippen molar-refractivity contribution in [1.29, 1.82) is 0 Å². The van der Waals surface area contributed by atoms with Crippen molar-refractivity contribution in [2.24, 2.45) is 5.73 Å². The quantitative estimate of drug-likeness (QED) is 0.712. The summed E-state index contributed by atoms with van der Waals surface area (Å²) in [4.78, 5) is 22.6. The van der Waals surface area contributed by atoms with Crippen LogP contribution in [0.4, 0.5) is 5.69 Å². The average molecular weight is 247 g/mol. The van der Waals surface area contributed by atoms with E-state index in [1.807, 2.05) is 18.2 Å². The first-order chi connectivity index (χ1) is 8.60. The second-order valence-corrected chi connectivity index (χ2v) is 4.46. The number of nitrogens with two attached hydrogens (primary N) is 1. The Labute approximate surface area is 106 Å². The highest BCUT2D eigenvalue weighted by Gasteiger charge is 2.17. The second kappa shape index (κ2) is 5.18. The SMILES string of the molecule is CNC(=O)C(N)Cc1ccc2c(c1)CCC(=O)N2. The number of benzene rings is 1. The highest BCUT2D eigenvalue weighted by atomic mass is 16.2. The van der Waals surface area contributed by atoms with Gasteiger partial charge in [0.1, 0.15) is 0 Å². The van der Waals surface area contributed by atoms with Crippen molar-refractivity contribution in [1.82, 2.24) is 5.32 Å². The van der Waals surface area contributed by atoms with Crippen LogP contribution in [0.2, 0.25) is 0 Å². The molecule has 2 rings (SSSR count). The van der Waals surface area contributed by atoms with E-state index in [9.17, 15) is 9.59 Å². The van der Waals surface area contributed by atoms with E-state index in [0.29, 0.717) is 12.8 Å². The molecule has 2 amide bonds. The van der Waals surface area contributed by atoms with Crippen molar-refractivity contribution in [2.45, 2.75) is 25.3 Å². The number of likely N-dealkylation sites (N-methyl/N-ethyl adjacent to an activating group) is 1. The molecule has 0 radical (unpaired) electrons. The number of nitrogens with one attached hydrogen (secondary N) is 2. The number of carbonyl (C=O) groups is 2. The summed E-state index contributed by atoms with van der Waals surface area (Å²) in [5, 5.41) is 5.36. The molecule has 0 aliphatic carbocycles. The van der Waals surface area contributed by atoms with Gasteiger partial charge in [-0.1, -0.05) is 12.1 Å². The number of aryl methyl sites for hydroxylation is 1. The van der Waals surface area contributed by atoms with E-state index in [0.717, 1.165) is 23.2 Å². The zero-order valence-corrected chi connectivity index (χ0v) is 10.3. The van der Waals surface area contributed by atoms with Gasteiger partial charge < -0.3 is 16.4 Å². The Bertz CT molecular complexity index is 485. The van der Waals surface area contributed by atoms with E-state index < -0.39 is 6.04 Å². The van der Waals surface area contributed by atoms with Crippen molar-refractivity contribution in [2.75, 3.05) is 12.4 Å². The van der Waals surface area contributed by atoms with Crippen LogP contribution in [0.1, 0.15) is 17.5 Å². The Morgan fingerprint density at radius 1 is 1.50 bits per heavy atom. The monoisotopic (exact) mass is 247 g/mol. The van der Waals surface area contributed by atoms with Gasteiger partial charge in [-0.15, -0.1) is 0 Å². The average Bonchev–Trinajstić information content (AvgIpc) is 2.38.